The van der Waals surface area contributed by atoms with E-state index in [1.54, 1.807) is 0 Å². The minimum absolute atomic E-state index is 0.702. The van der Waals surface area contributed by atoms with Crippen molar-refractivity contribution >= 4 is 54.6 Å². The second-order valence-corrected chi connectivity index (χ2v) is 12.2. The quantitative estimate of drug-likeness (QED) is 0.198. The molecular weight excluding hydrogens is 587 g/mol. The van der Waals surface area contributed by atoms with Gasteiger partial charge in [-0.15, -0.1) is 0 Å². The van der Waals surface area contributed by atoms with Gasteiger partial charge in [0, 0.05) is 38.4 Å². The van der Waals surface area contributed by atoms with Crippen LogP contribution in [-0.2, 0) is 0 Å². The second kappa shape index (κ2) is 10.5. The Morgan fingerprint density at radius 3 is 1.90 bits per heavy atom. The highest BCUT2D eigenvalue weighted by Gasteiger charge is 2.19. The Morgan fingerprint density at radius 2 is 1.06 bits per heavy atom. The molecule has 0 amide bonds. The average Bonchev–Trinajstić information content (AvgIpc) is 3.71. The SMILES string of the molecule is c1ccc(-c2ccc(-c3nc(-c4ccc(-n5c6ccccc6c6c7oc8ccccc8c7ccc65)cc4)nc4ccccc34)cc2)cc1. The van der Waals surface area contributed by atoms with Crippen LogP contribution < -0.4 is 0 Å². The van der Waals surface area contributed by atoms with Crippen LogP contribution in [0.4, 0.5) is 0 Å². The van der Waals surface area contributed by atoms with E-state index < -0.39 is 0 Å². The van der Waals surface area contributed by atoms with Crippen molar-refractivity contribution in [2.75, 3.05) is 0 Å². The lowest BCUT2D eigenvalue weighted by atomic mass is 10.0. The van der Waals surface area contributed by atoms with Crippen LogP contribution in [-0.4, -0.2) is 14.5 Å². The summed E-state index contributed by atoms with van der Waals surface area (Å²) in [7, 11) is 0. The molecule has 0 unspecified atom stereocenters. The number of fused-ring (bicyclic) bond motifs is 8. The van der Waals surface area contributed by atoms with Gasteiger partial charge in [0.15, 0.2) is 5.82 Å². The van der Waals surface area contributed by atoms with Gasteiger partial charge in [-0.05, 0) is 65.7 Å². The third-order valence-corrected chi connectivity index (χ3v) is 9.43. The molecule has 3 aromatic heterocycles. The van der Waals surface area contributed by atoms with E-state index in [1.165, 1.54) is 16.5 Å². The molecule has 0 aliphatic heterocycles. The van der Waals surface area contributed by atoms with Crippen molar-refractivity contribution in [3.05, 3.63) is 164 Å². The van der Waals surface area contributed by atoms with Gasteiger partial charge >= 0.3 is 0 Å². The summed E-state index contributed by atoms with van der Waals surface area (Å²) in [6.45, 7) is 0. The Hall–Kier alpha value is -6.52. The number of benzene rings is 7. The Morgan fingerprint density at radius 1 is 0.417 bits per heavy atom. The molecular formula is C44H27N3O. The van der Waals surface area contributed by atoms with Crippen LogP contribution in [0.5, 0.6) is 0 Å². The van der Waals surface area contributed by atoms with Crippen molar-refractivity contribution in [2.45, 2.75) is 0 Å². The maximum Gasteiger partial charge on any atom is 0.160 e. The summed E-state index contributed by atoms with van der Waals surface area (Å²) in [5, 5.41) is 5.60. The Balaban J connectivity index is 1.09. The van der Waals surface area contributed by atoms with Crippen molar-refractivity contribution in [1.82, 2.24) is 14.5 Å². The predicted molar refractivity (Wildman–Crippen MR) is 197 cm³/mol. The fourth-order valence-electron chi connectivity index (χ4n) is 7.15. The van der Waals surface area contributed by atoms with E-state index in [0.29, 0.717) is 5.82 Å². The van der Waals surface area contributed by atoms with E-state index in [2.05, 4.69) is 138 Å². The molecule has 0 aliphatic carbocycles. The molecule has 48 heavy (non-hydrogen) atoms. The third kappa shape index (κ3) is 4.10. The maximum absolute atomic E-state index is 6.48. The number of furan rings is 1. The van der Waals surface area contributed by atoms with Gasteiger partial charge in [0.2, 0.25) is 0 Å². The number of hydrogen-bond donors (Lipinski definition) is 0. The zero-order valence-corrected chi connectivity index (χ0v) is 25.8. The van der Waals surface area contributed by atoms with Crippen LogP contribution in [0.25, 0.3) is 94.1 Å². The summed E-state index contributed by atoms with van der Waals surface area (Å²) in [5.74, 6) is 0.702. The monoisotopic (exact) mass is 613 g/mol. The molecule has 0 N–H and O–H groups in total. The van der Waals surface area contributed by atoms with Gasteiger partial charge in [0.25, 0.3) is 0 Å². The minimum atomic E-state index is 0.702. The predicted octanol–water partition coefficient (Wildman–Crippen LogP) is 11.6. The van der Waals surface area contributed by atoms with Crippen molar-refractivity contribution in [1.29, 1.82) is 0 Å². The van der Waals surface area contributed by atoms with Gasteiger partial charge in [0.1, 0.15) is 11.2 Å². The van der Waals surface area contributed by atoms with Gasteiger partial charge in [0.05, 0.1) is 27.6 Å². The number of nitrogens with zero attached hydrogens (tertiary/aromatic N) is 3. The number of para-hydroxylation sites is 3. The highest BCUT2D eigenvalue weighted by molar-refractivity contribution is 6.23. The van der Waals surface area contributed by atoms with Crippen molar-refractivity contribution in [3.63, 3.8) is 0 Å². The zero-order chi connectivity index (χ0) is 31.6. The summed E-state index contributed by atoms with van der Waals surface area (Å²) in [4.78, 5) is 10.2. The molecule has 0 saturated heterocycles. The largest absolute Gasteiger partial charge is 0.455 e. The van der Waals surface area contributed by atoms with Gasteiger partial charge in [-0.1, -0.05) is 109 Å². The van der Waals surface area contributed by atoms with Gasteiger partial charge < -0.3 is 8.98 Å². The Bertz CT molecular complexity index is 2810. The molecule has 3 heterocycles. The summed E-state index contributed by atoms with van der Waals surface area (Å²) >= 11 is 0. The lowest BCUT2D eigenvalue weighted by molar-refractivity contribution is 0.673. The molecule has 0 bridgehead atoms. The van der Waals surface area contributed by atoms with Crippen LogP contribution in [0.1, 0.15) is 0 Å². The summed E-state index contributed by atoms with van der Waals surface area (Å²) in [5.41, 5.74) is 11.4. The molecule has 4 heteroatoms. The first-order valence-corrected chi connectivity index (χ1v) is 16.2. The first-order chi connectivity index (χ1) is 23.8. The first kappa shape index (κ1) is 26.7. The lowest BCUT2D eigenvalue weighted by Crippen LogP contribution is -1.97. The Kier molecular flexibility index (Phi) is 5.84. The van der Waals surface area contributed by atoms with Gasteiger partial charge in [-0.25, -0.2) is 9.97 Å². The van der Waals surface area contributed by atoms with E-state index in [0.717, 1.165) is 71.8 Å². The van der Waals surface area contributed by atoms with E-state index in [4.69, 9.17) is 14.4 Å². The third-order valence-electron chi connectivity index (χ3n) is 9.43. The fourth-order valence-corrected chi connectivity index (χ4v) is 7.15. The van der Waals surface area contributed by atoms with Crippen molar-refractivity contribution < 1.29 is 4.42 Å². The summed E-state index contributed by atoms with van der Waals surface area (Å²) in [6, 6.07) is 57.2. The summed E-state index contributed by atoms with van der Waals surface area (Å²) < 4.78 is 8.80. The maximum atomic E-state index is 6.48. The molecule has 10 rings (SSSR count). The highest BCUT2D eigenvalue weighted by atomic mass is 16.3. The van der Waals surface area contributed by atoms with Crippen molar-refractivity contribution in [2.24, 2.45) is 0 Å². The normalized spacial score (nSPS) is 11.8. The lowest BCUT2D eigenvalue weighted by Gasteiger charge is -2.12. The molecule has 10 aromatic rings. The van der Waals surface area contributed by atoms with Gasteiger partial charge in [-0.3, -0.25) is 0 Å². The first-order valence-electron chi connectivity index (χ1n) is 16.2. The van der Waals surface area contributed by atoms with Crippen LogP contribution >= 0.6 is 0 Å². The second-order valence-electron chi connectivity index (χ2n) is 12.2. The van der Waals surface area contributed by atoms with E-state index in [-0.39, 0.29) is 0 Å². The number of aromatic nitrogens is 3. The molecule has 7 aromatic carbocycles. The van der Waals surface area contributed by atoms with Crippen LogP contribution in [0, 0.1) is 0 Å². The molecule has 0 aliphatic rings. The molecule has 0 atom stereocenters. The molecule has 0 saturated carbocycles. The number of rotatable bonds is 4. The molecule has 224 valence electrons. The Labute approximate surface area is 276 Å². The fraction of sp³-hybridized carbons (Fsp3) is 0. The van der Waals surface area contributed by atoms with Crippen LogP contribution in [0.3, 0.4) is 0 Å². The molecule has 0 fully saturated rings. The zero-order valence-electron chi connectivity index (χ0n) is 25.8. The average molecular weight is 614 g/mol. The number of hydrogen-bond acceptors (Lipinski definition) is 3. The highest BCUT2D eigenvalue weighted by Crippen LogP contribution is 2.40. The standard InChI is InChI=1S/C44H27N3O/c1-2-10-28(11-3-1)29-18-20-30(21-19-29)42-35-13-4-7-15-37(35)45-44(46-42)31-22-24-32(25-23-31)47-38-16-8-5-14-36(38)41-39(47)27-26-34-33-12-6-9-17-40(33)48-43(34)41/h1-27H. The van der Waals surface area contributed by atoms with Crippen molar-refractivity contribution in [3.8, 4) is 39.5 Å². The van der Waals surface area contributed by atoms with Gasteiger partial charge in [-0.2, -0.15) is 0 Å². The topological polar surface area (TPSA) is 43.9 Å². The summed E-state index contributed by atoms with van der Waals surface area (Å²) in [6.07, 6.45) is 0. The van der Waals surface area contributed by atoms with E-state index in [1.807, 2.05) is 30.3 Å². The van der Waals surface area contributed by atoms with Crippen LogP contribution in [0.2, 0.25) is 0 Å². The van der Waals surface area contributed by atoms with E-state index >= 15 is 0 Å². The van der Waals surface area contributed by atoms with Crippen LogP contribution in [0.15, 0.2) is 168 Å². The smallest absolute Gasteiger partial charge is 0.160 e. The minimum Gasteiger partial charge on any atom is -0.455 e. The van der Waals surface area contributed by atoms with E-state index in [9.17, 15) is 0 Å². The molecule has 4 nitrogen and oxygen atoms in total. The molecule has 0 spiro atoms. The molecule has 0 radical (unpaired) electrons.